The van der Waals surface area contributed by atoms with E-state index in [1.165, 1.54) is 4.68 Å². The number of nitrogens with two attached hydrogens (primary N) is 1. The van der Waals surface area contributed by atoms with Gasteiger partial charge in [-0.25, -0.2) is 14.3 Å². The second kappa shape index (κ2) is 11.5. The minimum Gasteiger partial charge on any atom is -0.496 e. The summed E-state index contributed by atoms with van der Waals surface area (Å²) >= 11 is 6.59. The van der Waals surface area contributed by atoms with Gasteiger partial charge in [0.25, 0.3) is 0 Å². The Balaban J connectivity index is 2.24. The standard InChI is InChI=1S/C26H36ClN7O6/c1-13-11-29-16(14(2)19(13)38-9)12-33-21-18(15(32-33)10-17(28)35)20(27)30-22(31-21)34(23(36)39-25(3,4)5)24(37)40-26(6,7)8/h11,17,35H,10,12,28H2,1-9H3. The van der Waals surface area contributed by atoms with E-state index < -0.39 is 29.6 Å². The van der Waals surface area contributed by atoms with Crippen molar-refractivity contribution in [2.24, 2.45) is 5.73 Å². The van der Waals surface area contributed by atoms with E-state index >= 15 is 0 Å². The Bertz CT molecular complexity index is 1400. The summed E-state index contributed by atoms with van der Waals surface area (Å²) < 4.78 is 17.9. The number of carbonyl (C=O) groups is 2. The van der Waals surface area contributed by atoms with Gasteiger partial charge in [-0.15, -0.1) is 4.90 Å². The molecule has 3 heterocycles. The number of methoxy groups -OCH3 is 1. The molecule has 3 N–H and O–H groups in total. The minimum absolute atomic E-state index is 0.0581. The normalized spacial score (nSPS) is 12.8. The number of amides is 2. The van der Waals surface area contributed by atoms with Crippen LogP contribution in [-0.4, -0.2) is 66.6 Å². The fourth-order valence-electron chi connectivity index (χ4n) is 3.87. The summed E-state index contributed by atoms with van der Waals surface area (Å²) in [6.45, 7) is 13.8. The molecule has 3 aromatic rings. The van der Waals surface area contributed by atoms with Crippen molar-refractivity contribution in [3.63, 3.8) is 0 Å². The second-order valence-corrected chi connectivity index (χ2v) is 11.6. The molecular weight excluding hydrogens is 542 g/mol. The third-order valence-corrected chi connectivity index (χ3v) is 5.69. The Kier molecular flexibility index (Phi) is 8.92. The van der Waals surface area contributed by atoms with E-state index in [-0.39, 0.29) is 29.7 Å². The van der Waals surface area contributed by atoms with Gasteiger partial charge in [0.1, 0.15) is 28.3 Å². The third-order valence-electron chi connectivity index (χ3n) is 5.41. The number of nitrogens with zero attached hydrogens (tertiary/aromatic N) is 6. The van der Waals surface area contributed by atoms with Crippen molar-refractivity contribution >= 4 is 40.8 Å². The van der Waals surface area contributed by atoms with Crippen LogP contribution in [0.2, 0.25) is 5.15 Å². The van der Waals surface area contributed by atoms with E-state index in [1.807, 2.05) is 13.8 Å². The second-order valence-electron chi connectivity index (χ2n) is 11.2. The molecule has 0 radical (unpaired) electrons. The Hall–Kier alpha value is -3.55. The van der Waals surface area contributed by atoms with E-state index in [2.05, 4.69) is 20.1 Å². The maximum atomic E-state index is 13.2. The molecule has 0 aliphatic carbocycles. The van der Waals surface area contributed by atoms with E-state index in [0.29, 0.717) is 27.4 Å². The zero-order valence-corrected chi connectivity index (χ0v) is 25.0. The van der Waals surface area contributed by atoms with Crippen molar-refractivity contribution in [2.75, 3.05) is 12.0 Å². The predicted molar refractivity (Wildman–Crippen MR) is 149 cm³/mol. The molecule has 0 fully saturated rings. The molecule has 218 valence electrons. The van der Waals surface area contributed by atoms with Gasteiger partial charge >= 0.3 is 12.2 Å². The summed E-state index contributed by atoms with van der Waals surface area (Å²) in [7, 11) is 1.57. The Labute approximate surface area is 237 Å². The van der Waals surface area contributed by atoms with Gasteiger partial charge in [-0.05, 0) is 55.4 Å². The number of imide groups is 1. The van der Waals surface area contributed by atoms with E-state index in [4.69, 9.17) is 31.5 Å². The van der Waals surface area contributed by atoms with Crippen molar-refractivity contribution < 1.29 is 28.9 Å². The lowest BCUT2D eigenvalue weighted by Crippen LogP contribution is -2.44. The van der Waals surface area contributed by atoms with E-state index in [1.54, 1.807) is 54.8 Å². The van der Waals surface area contributed by atoms with Crippen LogP contribution in [0.1, 0.15) is 64.1 Å². The largest absolute Gasteiger partial charge is 0.496 e. The highest BCUT2D eigenvalue weighted by molar-refractivity contribution is 6.34. The Morgan fingerprint density at radius 1 is 1.07 bits per heavy atom. The summed E-state index contributed by atoms with van der Waals surface area (Å²) in [5, 5.41) is 14.6. The molecule has 0 aromatic carbocycles. The van der Waals surface area contributed by atoms with Gasteiger partial charge < -0.3 is 25.1 Å². The molecule has 0 aliphatic rings. The van der Waals surface area contributed by atoms with Gasteiger partial charge in [0, 0.05) is 23.7 Å². The van der Waals surface area contributed by atoms with Crippen LogP contribution in [0.4, 0.5) is 15.5 Å². The molecule has 14 heteroatoms. The number of aromatic nitrogens is 5. The summed E-state index contributed by atoms with van der Waals surface area (Å²) in [5.74, 6) is 0.293. The van der Waals surface area contributed by atoms with Gasteiger partial charge in [-0.3, -0.25) is 4.98 Å². The number of hydrogen-bond acceptors (Lipinski definition) is 11. The molecule has 0 spiro atoms. The quantitative estimate of drug-likeness (QED) is 0.320. The summed E-state index contributed by atoms with van der Waals surface area (Å²) in [5.41, 5.74) is 6.53. The maximum absolute atomic E-state index is 13.2. The van der Waals surface area contributed by atoms with Gasteiger partial charge in [-0.1, -0.05) is 11.6 Å². The molecule has 13 nitrogen and oxygen atoms in total. The minimum atomic E-state index is -1.23. The van der Waals surface area contributed by atoms with Crippen molar-refractivity contribution in [3.8, 4) is 5.75 Å². The van der Waals surface area contributed by atoms with Gasteiger partial charge in [0.15, 0.2) is 5.65 Å². The molecule has 0 saturated carbocycles. The van der Waals surface area contributed by atoms with Gasteiger partial charge in [0.05, 0.1) is 30.4 Å². The summed E-state index contributed by atoms with van der Waals surface area (Å²) in [4.78, 5) is 40.2. The molecule has 0 bridgehead atoms. The topological polar surface area (TPSA) is 168 Å². The highest BCUT2D eigenvalue weighted by Gasteiger charge is 2.36. The Morgan fingerprint density at radius 2 is 1.65 bits per heavy atom. The molecule has 0 aliphatic heterocycles. The van der Waals surface area contributed by atoms with Crippen LogP contribution < -0.4 is 15.4 Å². The number of carbonyl (C=O) groups excluding carboxylic acids is 2. The van der Waals surface area contributed by atoms with Gasteiger partial charge in [0.2, 0.25) is 5.95 Å². The zero-order chi connectivity index (χ0) is 30.2. The number of aliphatic hydroxyl groups is 1. The molecular formula is C26H36ClN7O6. The highest BCUT2D eigenvalue weighted by Crippen LogP contribution is 2.31. The van der Waals surface area contributed by atoms with Crippen LogP contribution in [0.25, 0.3) is 11.0 Å². The zero-order valence-electron chi connectivity index (χ0n) is 24.2. The molecule has 2 amide bonds. The number of hydrogen-bond donors (Lipinski definition) is 2. The Morgan fingerprint density at radius 3 is 2.15 bits per heavy atom. The molecule has 40 heavy (non-hydrogen) atoms. The van der Waals surface area contributed by atoms with Crippen LogP contribution in [0.3, 0.4) is 0 Å². The lowest BCUT2D eigenvalue weighted by molar-refractivity contribution is 0.0427. The molecule has 3 rings (SSSR count). The van der Waals surface area contributed by atoms with Crippen molar-refractivity contribution in [2.45, 2.75) is 85.8 Å². The molecule has 3 aromatic heterocycles. The van der Waals surface area contributed by atoms with Crippen molar-refractivity contribution in [1.82, 2.24) is 24.7 Å². The lowest BCUT2D eigenvalue weighted by Gasteiger charge is -2.27. The SMILES string of the molecule is COc1c(C)cnc(Cn2nc(CC(N)O)c3c(Cl)nc(N(C(=O)OC(C)(C)C)C(=O)OC(C)(C)C)nc32)c1C. The molecule has 1 unspecified atom stereocenters. The first kappa shape index (κ1) is 31.0. The fourth-order valence-corrected chi connectivity index (χ4v) is 4.14. The van der Waals surface area contributed by atoms with Crippen LogP contribution in [0.15, 0.2) is 6.20 Å². The predicted octanol–water partition coefficient (Wildman–Crippen LogP) is 4.04. The van der Waals surface area contributed by atoms with Crippen LogP contribution in [0, 0.1) is 13.8 Å². The highest BCUT2D eigenvalue weighted by atomic mass is 35.5. The number of halogens is 1. The third kappa shape index (κ3) is 7.14. The number of anilines is 1. The number of rotatable bonds is 6. The number of aryl methyl sites for hydroxylation is 1. The average Bonchev–Trinajstić information content (AvgIpc) is 3.10. The summed E-state index contributed by atoms with van der Waals surface area (Å²) in [6, 6.07) is 0. The number of pyridine rings is 1. The number of aliphatic hydroxyl groups excluding tert-OH is 1. The van der Waals surface area contributed by atoms with E-state index in [0.717, 1.165) is 11.1 Å². The van der Waals surface area contributed by atoms with E-state index in [9.17, 15) is 14.7 Å². The average molecular weight is 578 g/mol. The monoisotopic (exact) mass is 577 g/mol. The van der Waals surface area contributed by atoms with Crippen molar-refractivity contribution in [3.05, 3.63) is 33.9 Å². The van der Waals surface area contributed by atoms with Gasteiger partial charge in [-0.2, -0.15) is 15.1 Å². The first-order chi connectivity index (χ1) is 18.4. The molecule has 0 saturated heterocycles. The maximum Gasteiger partial charge on any atom is 0.427 e. The lowest BCUT2D eigenvalue weighted by atomic mass is 10.1. The number of ether oxygens (including phenoxy) is 3. The number of fused-ring (bicyclic) bond motifs is 1. The van der Waals surface area contributed by atoms with Crippen LogP contribution in [-0.2, 0) is 22.4 Å². The smallest absolute Gasteiger partial charge is 0.427 e. The van der Waals surface area contributed by atoms with Crippen LogP contribution >= 0.6 is 11.6 Å². The first-order valence-corrected chi connectivity index (χ1v) is 12.9. The molecule has 1 atom stereocenters. The fraction of sp³-hybridized carbons (Fsp3) is 0.538. The van der Waals surface area contributed by atoms with Crippen molar-refractivity contribution in [1.29, 1.82) is 0 Å². The van der Waals surface area contributed by atoms with Crippen LogP contribution in [0.5, 0.6) is 5.75 Å². The first-order valence-electron chi connectivity index (χ1n) is 12.5. The summed E-state index contributed by atoms with van der Waals surface area (Å²) in [6.07, 6.45) is -1.72.